The molecule has 2 aromatic heterocycles. The molecule has 2 aromatic rings. The Bertz CT molecular complexity index is 536. The van der Waals surface area contributed by atoms with E-state index in [-0.39, 0.29) is 0 Å². The maximum absolute atomic E-state index is 4.38. The van der Waals surface area contributed by atoms with Crippen LogP contribution in [-0.4, -0.2) is 43.1 Å². The van der Waals surface area contributed by atoms with E-state index in [2.05, 4.69) is 15.0 Å². The van der Waals surface area contributed by atoms with Crippen molar-refractivity contribution in [3.05, 3.63) is 30.7 Å². The molecule has 0 bridgehead atoms. The number of hydrogen-bond acceptors (Lipinski definition) is 5. The van der Waals surface area contributed by atoms with Crippen molar-refractivity contribution in [3.63, 3.8) is 0 Å². The average Bonchev–Trinajstić information content (AvgIpc) is 2.39. The van der Waals surface area contributed by atoms with Gasteiger partial charge >= 0.3 is 0 Å². The van der Waals surface area contributed by atoms with Gasteiger partial charge in [-0.15, -0.1) is 0 Å². The predicted octanol–water partition coefficient (Wildman–Crippen LogP) is 1.67. The molecule has 0 spiro atoms. The zero-order chi connectivity index (χ0) is 13.1. The minimum Gasteiger partial charge on any atom is -0.363 e. The Morgan fingerprint density at radius 1 is 0.944 bits per heavy atom. The lowest BCUT2D eigenvalue weighted by atomic mass is 10.1. The van der Waals surface area contributed by atoms with Crippen LogP contribution >= 0.6 is 0 Å². The topological polar surface area (TPSA) is 45.2 Å². The number of anilines is 2. The van der Waals surface area contributed by atoms with E-state index in [1.54, 1.807) is 12.5 Å². The highest BCUT2D eigenvalue weighted by Gasteiger charge is 2.10. The van der Waals surface area contributed by atoms with E-state index in [0.717, 1.165) is 22.9 Å². The number of aromatic nitrogens is 3. The molecular weight excluding hydrogens is 226 g/mol. The summed E-state index contributed by atoms with van der Waals surface area (Å²) >= 11 is 0. The largest absolute Gasteiger partial charge is 0.363 e. The molecule has 94 valence electrons. The van der Waals surface area contributed by atoms with E-state index in [1.807, 2.05) is 56.2 Å². The third kappa shape index (κ3) is 2.40. The average molecular weight is 243 g/mol. The lowest BCUT2D eigenvalue weighted by molar-refractivity contribution is 1.03. The molecule has 5 nitrogen and oxygen atoms in total. The Labute approximate surface area is 107 Å². The summed E-state index contributed by atoms with van der Waals surface area (Å²) in [5.74, 6) is 1.79. The predicted molar refractivity (Wildman–Crippen MR) is 73.9 cm³/mol. The molecule has 0 aliphatic carbocycles. The zero-order valence-electron chi connectivity index (χ0n) is 11.1. The maximum atomic E-state index is 4.38. The first-order chi connectivity index (χ1) is 8.59. The van der Waals surface area contributed by atoms with Gasteiger partial charge in [-0.25, -0.2) is 15.0 Å². The summed E-state index contributed by atoms with van der Waals surface area (Å²) in [7, 11) is 7.87. The molecule has 0 unspecified atom stereocenters. The summed E-state index contributed by atoms with van der Waals surface area (Å²) < 4.78 is 0. The van der Waals surface area contributed by atoms with Crippen molar-refractivity contribution < 1.29 is 0 Å². The van der Waals surface area contributed by atoms with Crippen LogP contribution in [-0.2, 0) is 0 Å². The normalized spacial score (nSPS) is 10.2. The van der Waals surface area contributed by atoms with E-state index < -0.39 is 0 Å². The lowest BCUT2D eigenvalue weighted by Gasteiger charge is -2.16. The molecule has 0 aliphatic rings. The summed E-state index contributed by atoms with van der Waals surface area (Å²) in [5, 5.41) is 0. The van der Waals surface area contributed by atoms with Crippen LogP contribution in [0.5, 0.6) is 0 Å². The third-order valence-electron chi connectivity index (χ3n) is 2.60. The van der Waals surface area contributed by atoms with Gasteiger partial charge in [0, 0.05) is 46.0 Å². The summed E-state index contributed by atoms with van der Waals surface area (Å²) in [4.78, 5) is 16.9. The fourth-order valence-corrected chi connectivity index (χ4v) is 1.69. The van der Waals surface area contributed by atoms with Crippen LogP contribution in [0.25, 0.3) is 11.3 Å². The molecule has 0 N–H and O–H groups in total. The smallest absolute Gasteiger partial charge is 0.137 e. The second-order valence-corrected chi connectivity index (χ2v) is 4.42. The van der Waals surface area contributed by atoms with Gasteiger partial charge in [0.15, 0.2) is 0 Å². The van der Waals surface area contributed by atoms with Crippen LogP contribution < -0.4 is 9.80 Å². The molecular formula is C13H17N5. The van der Waals surface area contributed by atoms with Crippen LogP contribution in [0.1, 0.15) is 0 Å². The molecule has 0 aliphatic heterocycles. The van der Waals surface area contributed by atoms with Crippen LogP contribution in [0.15, 0.2) is 30.7 Å². The molecule has 5 heteroatoms. The van der Waals surface area contributed by atoms with Crippen molar-refractivity contribution in [2.45, 2.75) is 0 Å². The highest BCUT2D eigenvalue weighted by molar-refractivity contribution is 5.74. The Kier molecular flexibility index (Phi) is 3.41. The molecule has 0 radical (unpaired) electrons. The van der Waals surface area contributed by atoms with Crippen molar-refractivity contribution in [1.29, 1.82) is 0 Å². The third-order valence-corrected chi connectivity index (χ3v) is 2.60. The van der Waals surface area contributed by atoms with Gasteiger partial charge in [-0.1, -0.05) is 0 Å². The lowest BCUT2D eigenvalue weighted by Crippen LogP contribution is -2.13. The molecule has 0 saturated carbocycles. The molecule has 0 atom stereocenters. The summed E-state index contributed by atoms with van der Waals surface area (Å²) in [6.45, 7) is 0. The number of pyridine rings is 1. The van der Waals surface area contributed by atoms with Gasteiger partial charge in [0.1, 0.15) is 18.0 Å². The molecule has 2 heterocycles. The van der Waals surface area contributed by atoms with Crippen LogP contribution in [0.3, 0.4) is 0 Å². The molecule has 0 fully saturated rings. The van der Waals surface area contributed by atoms with Gasteiger partial charge in [-0.2, -0.15) is 0 Å². The highest BCUT2D eigenvalue weighted by atomic mass is 15.1. The van der Waals surface area contributed by atoms with Gasteiger partial charge in [0.05, 0.1) is 5.69 Å². The molecule has 0 amide bonds. The van der Waals surface area contributed by atoms with Crippen LogP contribution in [0.4, 0.5) is 11.6 Å². The van der Waals surface area contributed by atoms with E-state index in [1.165, 1.54) is 0 Å². The Balaban J connectivity index is 2.52. The summed E-state index contributed by atoms with van der Waals surface area (Å²) in [5.41, 5.74) is 1.89. The maximum Gasteiger partial charge on any atom is 0.137 e. The van der Waals surface area contributed by atoms with Gasteiger partial charge in [-0.05, 0) is 12.1 Å². The number of rotatable bonds is 3. The number of nitrogens with zero attached hydrogens (tertiary/aromatic N) is 5. The van der Waals surface area contributed by atoms with Gasteiger partial charge in [0.2, 0.25) is 0 Å². The standard InChI is InChI=1S/C13H17N5/c1-17(2)12-8-11(15-9-16-12)10-6-5-7-14-13(10)18(3)4/h5-9H,1-4H3. The summed E-state index contributed by atoms with van der Waals surface area (Å²) in [6, 6.07) is 5.90. The fraction of sp³-hybridized carbons (Fsp3) is 0.308. The second-order valence-electron chi connectivity index (χ2n) is 4.42. The van der Waals surface area contributed by atoms with E-state index in [0.29, 0.717) is 0 Å². The fourth-order valence-electron chi connectivity index (χ4n) is 1.69. The highest BCUT2D eigenvalue weighted by Crippen LogP contribution is 2.27. The van der Waals surface area contributed by atoms with Crippen LogP contribution in [0, 0.1) is 0 Å². The van der Waals surface area contributed by atoms with Gasteiger partial charge in [0.25, 0.3) is 0 Å². The Morgan fingerprint density at radius 2 is 1.72 bits per heavy atom. The van der Waals surface area contributed by atoms with Crippen molar-refractivity contribution in [3.8, 4) is 11.3 Å². The Hall–Kier alpha value is -2.17. The molecule has 0 saturated heterocycles. The van der Waals surface area contributed by atoms with Crippen molar-refractivity contribution in [1.82, 2.24) is 15.0 Å². The van der Waals surface area contributed by atoms with Gasteiger partial charge in [-0.3, -0.25) is 0 Å². The Morgan fingerprint density at radius 3 is 2.39 bits per heavy atom. The second kappa shape index (κ2) is 5.00. The molecule has 0 aromatic carbocycles. The van der Waals surface area contributed by atoms with Crippen molar-refractivity contribution >= 4 is 11.6 Å². The van der Waals surface area contributed by atoms with Crippen molar-refractivity contribution in [2.24, 2.45) is 0 Å². The van der Waals surface area contributed by atoms with Gasteiger partial charge < -0.3 is 9.80 Å². The zero-order valence-corrected chi connectivity index (χ0v) is 11.1. The van der Waals surface area contributed by atoms with E-state index >= 15 is 0 Å². The van der Waals surface area contributed by atoms with E-state index in [4.69, 9.17) is 0 Å². The van der Waals surface area contributed by atoms with E-state index in [9.17, 15) is 0 Å². The summed E-state index contributed by atoms with van der Waals surface area (Å²) in [6.07, 6.45) is 3.37. The quantitative estimate of drug-likeness (QED) is 0.820. The minimum atomic E-state index is 0.880. The first kappa shape index (κ1) is 12.3. The monoisotopic (exact) mass is 243 g/mol. The number of hydrogen-bond donors (Lipinski definition) is 0. The van der Waals surface area contributed by atoms with Crippen LogP contribution in [0.2, 0.25) is 0 Å². The first-order valence-corrected chi connectivity index (χ1v) is 5.71. The SMILES string of the molecule is CN(C)c1cc(-c2cccnc2N(C)C)ncn1. The molecule has 18 heavy (non-hydrogen) atoms. The first-order valence-electron chi connectivity index (χ1n) is 5.71. The van der Waals surface area contributed by atoms with Crippen molar-refractivity contribution in [2.75, 3.05) is 38.0 Å². The molecule has 2 rings (SSSR count). The minimum absolute atomic E-state index is 0.880.